The SMILES string of the molecule is COc1cccc(CNC(=O)c2ccc(CNC(C)=O)cc2)c1OC. The van der Waals surface area contributed by atoms with Crippen molar-refractivity contribution in [2.24, 2.45) is 0 Å². The Morgan fingerprint density at radius 3 is 2.24 bits per heavy atom. The quantitative estimate of drug-likeness (QED) is 0.809. The Balaban J connectivity index is 2.00. The molecule has 2 rings (SSSR count). The van der Waals surface area contributed by atoms with Gasteiger partial charge >= 0.3 is 0 Å². The molecule has 2 amide bonds. The third kappa shape index (κ3) is 4.97. The molecule has 0 unspecified atom stereocenters. The monoisotopic (exact) mass is 342 g/mol. The van der Waals surface area contributed by atoms with Crippen LogP contribution in [0.1, 0.15) is 28.4 Å². The molecule has 6 nitrogen and oxygen atoms in total. The number of para-hydroxylation sites is 1. The van der Waals surface area contributed by atoms with Crippen molar-refractivity contribution < 1.29 is 19.1 Å². The van der Waals surface area contributed by atoms with Gasteiger partial charge in [0, 0.05) is 31.1 Å². The van der Waals surface area contributed by atoms with Crippen molar-refractivity contribution in [3.8, 4) is 11.5 Å². The van der Waals surface area contributed by atoms with E-state index in [2.05, 4.69) is 10.6 Å². The van der Waals surface area contributed by atoms with Crippen LogP contribution < -0.4 is 20.1 Å². The third-order valence-electron chi connectivity index (χ3n) is 3.68. The van der Waals surface area contributed by atoms with Gasteiger partial charge in [0.15, 0.2) is 11.5 Å². The highest BCUT2D eigenvalue weighted by Gasteiger charge is 2.11. The zero-order valence-corrected chi connectivity index (χ0v) is 14.6. The van der Waals surface area contributed by atoms with Gasteiger partial charge in [-0.25, -0.2) is 0 Å². The number of rotatable bonds is 7. The fourth-order valence-electron chi connectivity index (χ4n) is 2.37. The Hall–Kier alpha value is -3.02. The molecule has 0 bridgehead atoms. The molecule has 0 aromatic heterocycles. The number of amides is 2. The second kappa shape index (κ2) is 8.73. The van der Waals surface area contributed by atoms with Gasteiger partial charge in [0.25, 0.3) is 5.91 Å². The van der Waals surface area contributed by atoms with Gasteiger partial charge in [0.1, 0.15) is 0 Å². The fourth-order valence-corrected chi connectivity index (χ4v) is 2.37. The number of methoxy groups -OCH3 is 2. The predicted octanol–water partition coefficient (Wildman–Crippen LogP) is 2.27. The average Bonchev–Trinajstić information content (AvgIpc) is 2.64. The second-order valence-corrected chi connectivity index (χ2v) is 5.44. The van der Waals surface area contributed by atoms with E-state index in [4.69, 9.17) is 9.47 Å². The molecule has 2 aromatic carbocycles. The van der Waals surface area contributed by atoms with Gasteiger partial charge in [-0.3, -0.25) is 9.59 Å². The van der Waals surface area contributed by atoms with Gasteiger partial charge in [-0.15, -0.1) is 0 Å². The van der Waals surface area contributed by atoms with Crippen LogP contribution in [0, 0.1) is 0 Å². The summed E-state index contributed by atoms with van der Waals surface area (Å²) in [5.41, 5.74) is 2.31. The normalized spacial score (nSPS) is 10.0. The smallest absolute Gasteiger partial charge is 0.251 e. The summed E-state index contributed by atoms with van der Waals surface area (Å²) >= 11 is 0. The summed E-state index contributed by atoms with van der Waals surface area (Å²) < 4.78 is 10.6. The molecule has 0 saturated carbocycles. The molecule has 0 radical (unpaired) electrons. The number of carbonyl (C=O) groups is 2. The number of carbonyl (C=O) groups excluding carboxylic acids is 2. The van der Waals surface area contributed by atoms with E-state index in [0.29, 0.717) is 30.2 Å². The molecule has 0 aliphatic rings. The topological polar surface area (TPSA) is 76.7 Å². The zero-order valence-electron chi connectivity index (χ0n) is 14.6. The molecule has 2 N–H and O–H groups in total. The lowest BCUT2D eigenvalue weighted by molar-refractivity contribution is -0.119. The highest BCUT2D eigenvalue weighted by Crippen LogP contribution is 2.30. The Morgan fingerprint density at radius 1 is 0.920 bits per heavy atom. The van der Waals surface area contributed by atoms with Crippen molar-refractivity contribution in [1.29, 1.82) is 0 Å². The molecule has 0 heterocycles. The molecule has 0 saturated heterocycles. The Labute approximate surface area is 147 Å². The van der Waals surface area contributed by atoms with Crippen LogP contribution in [-0.2, 0) is 17.9 Å². The summed E-state index contributed by atoms with van der Waals surface area (Å²) in [7, 11) is 3.14. The first-order valence-electron chi connectivity index (χ1n) is 7.86. The lowest BCUT2D eigenvalue weighted by atomic mass is 10.1. The number of ether oxygens (including phenoxy) is 2. The minimum Gasteiger partial charge on any atom is -0.493 e. The first kappa shape index (κ1) is 18.3. The Bertz CT molecular complexity index is 742. The van der Waals surface area contributed by atoms with E-state index >= 15 is 0 Å². The van der Waals surface area contributed by atoms with Crippen LogP contribution in [-0.4, -0.2) is 26.0 Å². The Morgan fingerprint density at radius 2 is 1.64 bits per heavy atom. The molecule has 132 valence electrons. The predicted molar refractivity (Wildman–Crippen MR) is 94.7 cm³/mol. The fraction of sp³-hybridized carbons (Fsp3) is 0.263. The number of benzene rings is 2. The van der Waals surface area contributed by atoms with Crippen LogP contribution in [0.2, 0.25) is 0 Å². The summed E-state index contributed by atoms with van der Waals surface area (Å²) in [6.45, 7) is 2.24. The van der Waals surface area contributed by atoms with Crippen molar-refractivity contribution in [3.63, 3.8) is 0 Å². The standard InChI is InChI=1S/C19H22N2O4/c1-13(22)20-11-14-7-9-15(10-8-14)19(23)21-12-16-5-4-6-17(24-2)18(16)25-3/h4-10H,11-12H2,1-3H3,(H,20,22)(H,21,23). The first-order chi connectivity index (χ1) is 12.0. The minimum atomic E-state index is -0.184. The summed E-state index contributed by atoms with van der Waals surface area (Å²) in [5.74, 6) is 0.956. The van der Waals surface area contributed by atoms with Crippen molar-refractivity contribution in [2.45, 2.75) is 20.0 Å². The maximum absolute atomic E-state index is 12.3. The highest BCUT2D eigenvalue weighted by atomic mass is 16.5. The molecular weight excluding hydrogens is 320 g/mol. The summed E-state index contributed by atoms with van der Waals surface area (Å²) in [4.78, 5) is 23.2. The van der Waals surface area contributed by atoms with Crippen LogP contribution >= 0.6 is 0 Å². The first-order valence-corrected chi connectivity index (χ1v) is 7.86. The lowest BCUT2D eigenvalue weighted by Crippen LogP contribution is -2.23. The van der Waals surface area contributed by atoms with E-state index in [-0.39, 0.29) is 11.8 Å². The van der Waals surface area contributed by atoms with Gasteiger partial charge in [0.05, 0.1) is 14.2 Å². The molecule has 0 fully saturated rings. The van der Waals surface area contributed by atoms with Crippen LogP contribution in [0.15, 0.2) is 42.5 Å². The third-order valence-corrected chi connectivity index (χ3v) is 3.68. The van der Waals surface area contributed by atoms with E-state index < -0.39 is 0 Å². The van der Waals surface area contributed by atoms with E-state index in [1.54, 1.807) is 32.4 Å². The van der Waals surface area contributed by atoms with Gasteiger partial charge < -0.3 is 20.1 Å². The molecule has 0 aliphatic carbocycles. The number of hydrogen-bond acceptors (Lipinski definition) is 4. The van der Waals surface area contributed by atoms with Gasteiger partial charge in [-0.2, -0.15) is 0 Å². The largest absolute Gasteiger partial charge is 0.493 e. The van der Waals surface area contributed by atoms with Gasteiger partial charge in [-0.1, -0.05) is 24.3 Å². The van der Waals surface area contributed by atoms with Crippen LogP contribution in [0.4, 0.5) is 0 Å². The molecule has 0 aliphatic heterocycles. The molecule has 2 aromatic rings. The number of nitrogens with one attached hydrogen (secondary N) is 2. The van der Waals surface area contributed by atoms with Crippen molar-refractivity contribution in [2.75, 3.05) is 14.2 Å². The van der Waals surface area contributed by atoms with Crippen LogP contribution in [0.25, 0.3) is 0 Å². The van der Waals surface area contributed by atoms with Crippen LogP contribution in [0.3, 0.4) is 0 Å². The van der Waals surface area contributed by atoms with E-state index in [1.165, 1.54) is 6.92 Å². The van der Waals surface area contributed by atoms with Crippen molar-refractivity contribution in [1.82, 2.24) is 10.6 Å². The number of hydrogen-bond donors (Lipinski definition) is 2. The van der Waals surface area contributed by atoms with Crippen molar-refractivity contribution >= 4 is 11.8 Å². The van der Waals surface area contributed by atoms with E-state index in [0.717, 1.165) is 11.1 Å². The summed E-state index contributed by atoms with van der Waals surface area (Å²) in [6, 6.07) is 12.6. The van der Waals surface area contributed by atoms with Gasteiger partial charge in [-0.05, 0) is 23.8 Å². The lowest BCUT2D eigenvalue weighted by Gasteiger charge is -2.13. The summed E-state index contributed by atoms with van der Waals surface area (Å²) in [6.07, 6.45) is 0. The van der Waals surface area contributed by atoms with E-state index in [9.17, 15) is 9.59 Å². The average molecular weight is 342 g/mol. The van der Waals surface area contributed by atoms with Crippen LogP contribution in [0.5, 0.6) is 11.5 Å². The van der Waals surface area contributed by atoms with Gasteiger partial charge in [0.2, 0.25) is 5.91 Å². The molecule has 0 spiro atoms. The molecule has 25 heavy (non-hydrogen) atoms. The second-order valence-electron chi connectivity index (χ2n) is 5.44. The molecular formula is C19H22N2O4. The molecule has 0 atom stereocenters. The van der Waals surface area contributed by atoms with Crippen molar-refractivity contribution in [3.05, 3.63) is 59.2 Å². The Kier molecular flexibility index (Phi) is 6.39. The zero-order chi connectivity index (χ0) is 18.2. The highest BCUT2D eigenvalue weighted by molar-refractivity contribution is 5.94. The summed E-state index contributed by atoms with van der Waals surface area (Å²) in [5, 5.41) is 5.58. The minimum absolute atomic E-state index is 0.0888. The van der Waals surface area contributed by atoms with E-state index in [1.807, 2.05) is 24.3 Å². The maximum atomic E-state index is 12.3. The molecule has 6 heteroatoms. The maximum Gasteiger partial charge on any atom is 0.251 e.